The highest BCUT2D eigenvalue weighted by Gasteiger charge is 2.51. The van der Waals surface area contributed by atoms with Gasteiger partial charge >= 0.3 is 0 Å². The molecule has 244 valence electrons. The standard InChI is InChI=1S/C34H37Cl3N4O5/c1-22-28(19-40-17-15-33(16-18-40)31(43)38-21-41(33)27-5-3-2-4-6-27)45-30(46-29(22)24-9-7-23(20-42)8-10-24)25-11-13-26(14-12-25)39-32(44)34(35,36)37/h2-14,22,28-30,42H,15-21H2,1H3,(H,38,43)(H,39,44)/t22-,28+,29+,30+/m1/s1. The third-order valence-corrected chi connectivity index (χ3v) is 9.86. The van der Waals surface area contributed by atoms with Crippen LogP contribution in [0, 0.1) is 5.92 Å². The second-order valence-corrected chi connectivity index (χ2v) is 14.4. The zero-order valence-electron chi connectivity index (χ0n) is 25.4. The minimum atomic E-state index is -2.08. The number of halogens is 3. The van der Waals surface area contributed by atoms with Crippen molar-refractivity contribution in [2.75, 3.05) is 36.5 Å². The average molecular weight is 688 g/mol. The predicted octanol–water partition coefficient (Wildman–Crippen LogP) is 5.71. The van der Waals surface area contributed by atoms with Crippen molar-refractivity contribution in [2.45, 2.75) is 54.2 Å². The number of rotatable bonds is 7. The largest absolute Gasteiger partial charge is 0.392 e. The normalized spacial score (nSPS) is 25.0. The number of carbonyl (C=O) groups excluding carboxylic acids is 2. The Hall–Kier alpha value is -2.89. The topological polar surface area (TPSA) is 103 Å². The van der Waals surface area contributed by atoms with Gasteiger partial charge in [0.25, 0.3) is 9.70 Å². The summed E-state index contributed by atoms with van der Waals surface area (Å²) in [5, 5.41) is 15.2. The zero-order chi connectivity index (χ0) is 32.5. The highest BCUT2D eigenvalue weighted by atomic mass is 35.6. The van der Waals surface area contributed by atoms with Crippen LogP contribution in [0.15, 0.2) is 78.9 Å². The number of amides is 2. The van der Waals surface area contributed by atoms with Crippen molar-refractivity contribution in [1.29, 1.82) is 0 Å². The number of aliphatic hydroxyl groups is 1. The minimum Gasteiger partial charge on any atom is -0.392 e. The van der Waals surface area contributed by atoms with Crippen LogP contribution in [0.5, 0.6) is 0 Å². The molecular formula is C34H37Cl3N4O5. The number of alkyl halides is 3. The molecule has 0 bridgehead atoms. The smallest absolute Gasteiger partial charge is 0.276 e. The lowest BCUT2D eigenvalue weighted by atomic mass is 9.84. The Labute approximate surface area is 283 Å². The van der Waals surface area contributed by atoms with Crippen LogP contribution in [-0.4, -0.2) is 63.6 Å². The number of anilines is 2. The Bertz CT molecular complexity index is 1510. The van der Waals surface area contributed by atoms with Crippen molar-refractivity contribution in [1.82, 2.24) is 10.2 Å². The molecule has 0 aromatic heterocycles. The quantitative estimate of drug-likeness (QED) is 0.274. The van der Waals surface area contributed by atoms with E-state index in [4.69, 9.17) is 44.3 Å². The number of aliphatic hydroxyl groups excluding tert-OH is 1. The summed E-state index contributed by atoms with van der Waals surface area (Å²) in [7, 11) is 0. The Morgan fingerprint density at radius 2 is 1.63 bits per heavy atom. The highest BCUT2D eigenvalue weighted by molar-refractivity contribution is 6.76. The van der Waals surface area contributed by atoms with Crippen LogP contribution in [0.25, 0.3) is 0 Å². The minimum absolute atomic E-state index is 0.00515. The lowest BCUT2D eigenvalue weighted by molar-refractivity contribution is -0.276. The van der Waals surface area contributed by atoms with Gasteiger partial charge < -0.3 is 35.0 Å². The van der Waals surface area contributed by atoms with E-state index in [1.807, 2.05) is 54.6 Å². The van der Waals surface area contributed by atoms with Crippen LogP contribution in [0.2, 0.25) is 0 Å². The molecule has 0 saturated carbocycles. The van der Waals surface area contributed by atoms with Gasteiger partial charge in [0.15, 0.2) is 6.29 Å². The molecule has 0 aliphatic carbocycles. The van der Waals surface area contributed by atoms with E-state index in [-0.39, 0.29) is 30.6 Å². The second kappa shape index (κ2) is 13.7. The maximum Gasteiger partial charge on any atom is 0.276 e. The SMILES string of the molecule is C[C@@H]1[C@H](CN2CCC3(CC2)C(=O)NCN3c2ccccc2)O[C@H](c2ccc(NC(=O)C(Cl)(Cl)Cl)cc2)O[C@@H]1c1ccc(CO)cc1. The molecule has 3 aromatic rings. The zero-order valence-corrected chi connectivity index (χ0v) is 27.6. The number of benzene rings is 3. The van der Waals surface area contributed by atoms with Gasteiger partial charge in [-0.3, -0.25) is 9.59 Å². The first-order valence-electron chi connectivity index (χ1n) is 15.4. The van der Waals surface area contributed by atoms with E-state index < -0.39 is 21.5 Å². The Kier molecular flexibility index (Phi) is 9.83. The number of ether oxygens (including phenoxy) is 2. The van der Waals surface area contributed by atoms with Crippen molar-refractivity contribution in [3.63, 3.8) is 0 Å². The first kappa shape index (κ1) is 33.0. The summed E-state index contributed by atoms with van der Waals surface area (Å²) in [6.45, 7) is 4.78. The van der Waals surface area contributed by atoms with Crippen LogP contribution in [0.3, 0.4) is 0 Å². The fourth-order valence-corrected chi connectivity index (χ4v) is 6.79. The van der Waals surface area contributed by atoms with E-state index >= 15 is 0 Å². The third-order valence-electron chi connectivity index (χ3n) is 9.35. The molecule has 3 aliphatic rings. The van der Waals surface area contributed by atoms with E-state index in [9.17, 15) is 14.7 Å². The number of hydrogen-bond acceptors (Lipinski definition) is 7. The van der Waals surface area contributed by atoms with E-state index in [1.165, 1.54) is 0 Å². The lowest BCUT2D eigenvalue weighted by Gasteiger charge is -2.46. The molecule has 4 atom stereocenters. The number of hydrogen-bond donors (Lipinski definition) is 3. The number of likely N-dealkylation sites (tertiary alicyclic amines) is 1. The summed E-state index contributed by atoms with van der Waals surface area (Å²) >= 11 is 17.1. The van der Waals surface area contributed by atoms with E-state index in [2.05, 4.69) is 39.5 Å². The van der Waals surface area contributed by atoms with Gasteiger partial charge in [-0.15, -0.1) is 0 Å². The van der Waals surface area contributed by atoms with Crippen LogP contribution in [-0.2, 0) is 25.7 Å². The molecule has 6 rings (SSSR count). The summed E-state index contributed by atoms with van der Waals surface area (Å²) in [6.07, 6.45) is 0.295. The van der Waals surface area contributed by atoms with Gasteiger partial charge in [0, 0.05) is 42.5 Å². The van der Waals surface area contributed by atoms with Crippen LogP contribution in [0.1, 0.15) is 48.8 Å². The predicted molar refractivity (Wildman–Crippen MR) is 179 cm³/mol. The molecule has 0 radical (unpaired) electrons. The molecule has 1 spiro atoms. The van der Waals surface area contributed by atoms with Crippen molar-refractivity contribution in [3.8, 4) is 0 Å². The molecule has 46 heavy (non-hydrogen) atoms. The average Bonchev–Trinajstić information content (AvgIpc) is 3.38. The summed E-state index contributed by atoms with van der Waals surface area (Å²) in [5.41, 5.74) is 3.55. The monoisotopic (exact) mass is 686 g/mol. The van der Waals surface area contributed by atoms with Crippen LogP contribution >= 0.6 is 34.8 Å². The molecule has 0 unspecified atom stereocenters. The fraction of sp³-hybridized carbons (Fsp3) is 0.412. The number of piperidine rings is 1. The highest BCUT2D eigenvalue weighted by Crippen LogP contribution is 2.43. The van der Waals surface area contributed by atoms with Gasteiger partial charge in [-0.1, -0.05) is 96.3 Å². The summed E-state index contributed by atoms with van der Waals surface area (Å²) in [5.74, 6) is -0.654. The second-order valence-electron chi connectivity index (χ2n) is 12.2. The molecule has 3 N–H and O–H groups in total. The molecule has 3 aliphatic heterocycles. The number of para-hydroxylation sites is 1. The number of carbonyl (C=O) groups is 2. The Morgan fingerprint density at radius 1 is 0.978 bits per heavy atom. The maximum atomic E-state index is 13.2. The maximum absolute atomic E-state index is 13.2. The van der Waals surface area contributed by atoms with Crippen molar-refractivity contribution < 1.29 is 24.2 Å². The van der Waals surface area contributed by atoms with Gasteiger partial charge in [0.05, 0.1) is 25.5 Å². The van der Waals surface area contributed by atoms with E-state index in [0.29, 0.717) is 31.7 Å². The van der Waals surface area contributed by atoms with Gasteiger partial charge in [-0.25, -0.2) is 0 Å². The van der Waals surface area contributed by atoms with Crippen molar-refractivity contribution >= 4 is 58.0 Å². The Balaban J connectivity index is 1.19. The van der Waals surface area contributed by atoms with E-state index in [1.54, 1.807) is 12.1 Å². The summed E-state index contributed by atoms with van der Waals surface area (Å²) < 4.78 is 11.1. The Morgan fingerprint density at radius 3 is 2.26 bits per heavy atom. The van der Waals surface area contributed by atoms with Crippen molar-refractivity contribution in [3.05, 3.63) is 95.6 Å². The van der Waals surface area contributed by atoms with Crippen molar-refractivity contribution in [2.24, 2.45) is 5.92 Å². The van der Waals surface area contributed by atoms with Crippen LogP contribution in [0.4, 0.5) is 11.4 Å². The van der Waals surface area contributed by atoms with Gasteiger partial charge in [0.2, 0.25) is 5.91 Å². The summed E-state index contributed by atoms with van der Waals surface area (Å²) in [6, 6.07) is 25.0. The van der Waals surface area contributed by atoms with E-state index in [0.717, 1.165) is 35.5 Å². The summed E-state index contributed by atoms with van der Waals surface area (Å²) in [4.78, 5) is 29.9. The molecule has 3 aromatic carbocycles. The molecule has 3 heterocycles. The first-order valence-corrected chi connectivity index (χ1v) is 16.5. The van der Waals surface area contributed by atoms with Gasteiger partial charge in [0.1, 0.15) is 5.54 Å². The molecule has 3 fully saturated rings. The molecule has 2 amide bonds. The van der Waals surface area contributed by atoms with Gasteiger partial charge in [-0.05, 0) is 48.2 Å². The van der Waals surface area contributed by atoms with Gasteiger partial charge in [-0.2, -0.15) is 0 Å². The molecule has 9 nitrogen and oxygen atoms in total. The lowest BCUT2D eigenvalue weighted by Crippen LogP contribution is -2.57. The molecule has 12 heteroatoms. The fourth-order valence-electron chi connectivity index (χ4n) is 6.65. The van der Waals surface area contributed by atoms with Crippen LogP contribution < -0.4 is 15.5 Å². The number of nitrogens with one attached hydrogen (secondary N) is 2. The third kappa shape index (κ3) is 6.87. The number of nitrogens with zero attached hydrogens (tertiary/aromatic N) is 2. The first-order chi connectivity index (χ1) is 22.1. The molecular weight excluding hydrogens is 651 g/mol. The molecule has 3 saturated heterocycles.